The topological polar surface area (TPSA) is 37.8 Å². The van der Waals surface area contributed by atoms with Crippen LogP contribution < -0.4 is 5.32 Å². The molecule has 0 bridgehead atoms. The number of hydrogen-bond acceptors (Lipinski definition) is 3. The molecular formula is C11H17N3. The van der Waals surface area contributed by atoms with Crippen LogP contribution >= 0.6 is 0 Å². The average Bonchev–Trinajstić information content (AvgIpc) is 2.17. The first-order valence-corrected chi connectivity index (χ1v) is 5.22. The van der Waals surface area contributed by atoms with Gasteiger partial charge in [0.2, 0.25) is 0 Å². The van der Waals surface area contributed by atoms with Crippen molar-refractivity contribution in [3.63, 3.8) is 0 Å². The van der Waals surface area contributed by atoms with E-state index in [0.29, 0.717) is 6.04 Å². The lowest BCUT2D eigenvalue weighted by Crippen LogP contribution is -2.43. The summed E-state index contributed by atoms with van der Waals surface area (Å²) in [6.07, 6.45) is 3.02. The van der Waals surface area contributed by atoms with Crippen molar-refractivity contribution in [3.05, 3.63) is 17.8 Å². The predicted molar refractivity (Wildman–Crippen MR) is 57.1 cm³/mol. The molecule has 1 aromatic rings. The second-order valence-electron chi connectivity index (χ2n) is 4.44. The Hall–Kier alpha value is -1.12. The molecule has 1 aliphatic carbocycles. The van der Waals surface area contributed by atoms with Gasteiger partial charge in [0.1, 0.15) is 5.82 Å². The van der Waals surface area contributed by atoms with Gasteiger partial charge >= 0.3 is 0 Å². The van der Waals surface area contributed by atoms with E-state index in [9.17, 15) is 0 Å². The van der Waals surface area contributed by atoms with Crippen LogP contribution in [0.2, 0.25) is 0 Å². The zero-order valence-corrected chi connectivity index (χ0v) is 8.99. The van der Waals surface area contributed by atoms with Gasteiger partial charge in [-0.15, -0.1) is 5.10 Å². The highest BCUT2D eigenvalue weighted by atomic mass is 15.2. The molecule has 1 saturated carbocycles. The summed E-state index contributed by atoms with van der Waals surface area (Å²) >= 11 is 0. The molecule has 3 nitrogen and oxygen atoms in total. The lowest BCUT2D eigenvalue weighted by atomic mass is 9.71. The second kappa shape index (κ2) is 3.56. The molecule has 3 heteroatoms. The maximum Gasteiger partial charge on any atom is 0.149 e. The van der Waals surface area contributed by atoms with Crippen LogP contribution in [-0.2, 0) is 0 Å². The first-order chi connectivity index (χ1) is 6.66. The molecule has 3 atom stereocenters. The molecule has 0 aromatic carbocycles. The SMILES string of the molecule is Cc1cnnc(NC2CC(C)C2C)c1. The summed E-state index contributed by atoms with van der Waals surface area (Å²) in [5, 5.41) is 11.4. The number of nitrogens with one attached hydrogen (secondary N) is 1. The Labute approximate surface area is 84.9 Å². The third kappa shape index (κ3) is 1.72. The summed E-state index contributed by atoms with van der Waals surface area (Å²) in [6, 6.07) is 2.63. The molecule has 14 heavy (non-hydrogen) atoms. The standard InChI is InChI=1S/C11H17N3/c1-7-4-11(14-12-6-7)13-10-5-8(2)9(10)3/h4,6,8-10H,5H2,1-3H3,(H,13,14). The van der Waals surface area contributed by atoms with Crippen molar-refractivity contribution in [3.8, 4) is 0 Å². The minimum absolute atomic E-state index is 0.584. The molecule has 76 valence electrons. The summed E-state index contributed by atoms with van der Waals surface area (Å²) in [7, 11) is 0. The highest BCUT2D eigenvalue weighted by Gasteiger charge is 2.34. The number of aromatic nitrogens is 2. The number of anilines is 1. The van der Waals surface area contributed by atoms with Crippen LogP contribution in [0.3, 0.4) is 0 Å². The highest BCUT2D eigenvalue weighted by molar-refractivity contribution is 5.37. The van der Waals surface area contributed by atoms with Crippen LogP contribution in [0.4, 0.5) is 5.82 Å². The molecule has 1 fully saturated rings. The Morgan fingerprint density at radius 3 is 2.79 bits per heavy atom. The van der Waals surface area contributed by atoms with Crippen LogP contribution in [0.15, 0.2) is 12.3 Å². The smallest absolute Gasteiger partial charge is 0.149 e. The van der Waals surface area contributed by atoms with Gasteiger partial charge in [0, 0.05) is 6.04 Å². The lowest BCUT2D eigenvalue weighted by molar-refractivity contribution is 0.188. The van der Waals surface area contributed by atoms with Crippen molar-refractivity contribution < 1.29 is 0 Å². The first-order valence-electron chi connectivity index (χ1n) is 5.22. The van der Waals surface area contributed by atoms with Crippen LogP contribution in [-0.4, -0.2) is 16.2 Å². The zero-order chi connectivity index (χ0) is 10.1. The molecule has 1 aromatic heterocycles. The quantitative estimate of drug-likeness (QED) is 0.779. The Morgan fingerprint density at radius 1 is 1.43 bits per heavy atom. The van der Waals surface area contributed by atoms with Gasteiger partial charge in [-0.3, -0.25) is 0 Å². The van der Waals surface area contributed by atoms with Gasteiger partial charge in [0.25, 0.3) is 0 Å². The Morgan fingerprint density at radius 2 is 2.21 bits per heavy atom. The predicted octanol–water partition coefficient (Wildman–Crippen LogP) is 2.24. The first kappa shape index (κ1) is 9.44. The van der Waals surface area contributed by atoms with Gasteiger partial charge in [-0.1, -0.05) is 13.8 Å². The van der Waals surface area contributed by atoms with Crippen molar-refractivity contribution in [2.45, 2.75) is 33.2 Å². The summed E-state index contributed by atoms with van der Waals surface area (Å²) < 4.78 is 0. The summed E-state index contributed by atoms with van der Waals surface area (Å²) in [4.78, 5) is 0. The molecule has 1 heterocycles. The molecule has 0 radical (unpaired) electrons. The van der Waals surface area contributed by atoms with Crippen molar-refractivity contribution in [2.75, 3.05) is 5.32 Å². The lowest BCUT2D eigenvalue weighted by Gasteiger charge is -2.41. The monoisotopic (exact) mass is 191 g/mol. The third-order valence-electron chi connectivity index (χ3n) is 3.28. The van der Waals surface area contributed by atoms with Crippen LogP contribution in [0.5, 0.6) is 0 Å². The van der Waals surface area contributed by atoms with Gasteiger partial charge < -0.3 is 5.32 Å². The van der Waals surface area contributed by atoms with Gasteiger partial charge in [0.15, 0.2) is 0 Å². The molecule has 1 aliphatic rings. The average molecular weight is 191 g/mol. The van der Waals surface area contributed by atoms with E-state index < -0.39 is 0 Å². The molecule has 2 rings (SSSR count). The molecular weight excluding hydrogens is 174 g/mol. The number of aryl methyl sites for hydroxylation is 1. The van der Waals surface area contributed by atoms with E-state index in [2.05, 4.69) is 29.4 Å². The Kier molecular flexibility index (Phi) is 2.40. The molecule has 0 spiro atoms. The van der Waals surface area contributed by atoms with Gasteiger partial charge in [0.05, 0.1) is 6.20 Å². The third-order valence-corrected chi connectivity index (χ3v) is 3.28. The molecule has 0 saturated heterocycles. The Balaban J connectivity index is 1.98. The number of hydrogen-bond donors (Lipinski definition) is 1. The summed E-state index contributed by atoms with van der Waals surface area (Å²) in [5.41, 5.74) is 1.16. The van der Waals surface area contributed by atoms with Gasteiger partial charge in [-0.25, -0.2) is 0 Å². The van der Waals surface area contributed by atoms with E-state index in [1.807, 2.05) is 13.0 Å². The van der Waals surface area contributed by atoms with Gasteiger partial charge in [-0.05, 0) is 36.8 Å². The van der Waals surface area contributed by atoms with Crippen molar-refractivity contribution in [2.24, 2.45) is 11.8 Å². The maximum atomic E-state index is 4.06. The minimum Gasteiger partial charge on any atom is -0.366 e. The second-order valence-corrected chi connectivity index (χ2v) is 4.44. The summed E-state index contributed by atoms with van der Waals surface area (Å²) in [6.45, 7) is 6.62. The fourth-order valence-corrected chi connectivity index (χ4v) is 1.95. The Bertz CT molecular complexity index is 324. The summed E-state index contributed by atoms with van der Waals surface area (Å²) in [5.74, 6) is 2.50. The van der Waals surface area contributed by atoms with E-state index in [1.165, 1.54) is 6.42 Å². The normalized spacial score (nSPS) is 30.9. The van der Waals surface area contributed by atoms with E-state index in [4.69, 9.17) is 0 Å². The van der Waals surface area contributed by atoms with Crippen molar-refractivity contribution in [1.29, 1.82) is 0 Å². The van der Waals surface area contributed by atoms with Crippen molar-refractivity contribution >= 4 is 5.82 Å². The van der Waals surface area contributed by atoms with Crippen molar-refractivity contribution in [1.82, 2.24) is 10.2 Å². The number of nitrogens with zero attached hydrogens (tertiary/aromatic N) is 2. The fraction of sp³-hybridized carbons (Fsp3) is 0.636. The van der Waals surface area contributed by atoms with Crippen LogP contribution in [0.25, 0.3) is 0 Å². The molecule has 3 unspecified atom stereocenters. The highest BCUT2D eigenvalue weighted by Crippen LogP contribution is 2.35. The number of rotatable bonds is 2. The maximum absolute atomic E-state index is 4.06. The van der Waals surface area contributed by atoms with Crippen LogP contribution in [0.1, 0.15) is 25.8 Å². The van der Waals surface area contributed by atoms with Gasteiger partial charge in [-0.2, -0.15) is 5.10 Å². The van der Waals surface area contributed by atoms with E-state index in [0.717, 1.165) is 23.2 Å². The molecule has 0 aliphatic heterocycles. The zero-order valence-electron chi connectivity index (χ0n) is 8.99. The van der Waals surface area contributed by atoms with E-state index >= 15 is 0 Å². The van der Waals surface area contributed by atoms with E-state index in [1.54, 1.807) is 6.20 Å². The molecule has 1 N–H and O–H groups in total. The van der Waals surface area contributed by atoms with E-state index in [-0.39, 0.29) is 0 Å². The fourth-order valence-electron chi connectivity index (χ4n) is 1.95. The molecule has 0 amide bonds. The largest absolute Gasteiger partial charge is 0.366 e. The minimum atomic E-state index is 0.584. The van der Waals surface area contributed by atoms with Crippen LogP contribution in [0, 0.1) is 18.8 Å².